The van der Waals surface area contributed by atoms with Crippen LogP contribution in [0, 0.1) is 0 Å². The Morgan fingerprint density at radius 2 is 0.656 bits per heavy atom. The second-order valence-electron chi connectivity index (χ2n) is 15.1. The fraction of sp³-hybridized carbons (Fsp3) is 0.466. The molecule has 0 bridgehead atoms. The summed E-state index contributed by atoms with van der Waals surface area (Å²) in [4.78, 5) is 37.9. The van der Waals surface area contributed by atoms with Gasteiger partial charge in [-0.3, -0.25) is 14.4 Å². The van der Waals surface area contributed by atoms with Gasteiger partial charge in [0.1, 0.15) is 13.2 Å². The van der Waals surface area contributed by atoms with Crippen LogP contribution in [-0.4, -0.2) is 37.2 Å². The monoisotopic (exact) mass is 877 g/mol. The van der Waals surface area contributed by atoms with Gasteiger partial charge in [-0.1, -0.05) is 204 Å². The minimum Gasteiger partial charge on any atom is -0.462 e. The number of ether oxygens (including phenoxy) is 3. The van der Waals surface area contributed by atoms with E-state index in [4.69, 9.17) is 14.2 Å². The van der Waals surface area contributed by atoms with E-state index >= 15 is 0 Å². The SMILES string of the molecule is CC\C=C/C=C\C=C/C=C\C=C\C=C/C=C\CCCCCC(=O)OCC(COC(=O)CCC/C=C\C/C=C\C/C=C\CC)OC(=O)CCCCC/C=C\C/C=C\C/C=C\C/C=C\CC. The van der Waals surface area contributed by atoms with Crippen molar-refractivity contribution in [2.45, 2.75) is 162 Å². The molecular formula is C58H84O6. The largest absolute Gasteiger partial charge is 0.462 e. The fourth-order valence-corrected chi connectivity index (χ4v) is 5.61. The molecule has 0 aliphatic heterocycles. The van der Waals surface area contributed by atoms with Crippen molar-refractivity contribution in [3.63, 3.8) is 0 Å². The molecule has 0 spiro atoms. The fourth-order valence-electron chi connectivity index (χ4n) is 5.61. The van der Waals surface area contributed by atoms with Crippen molar-refractivity contribution in [2.24, 2.45) is 0 Å². The van der Waals surface area contributed by atoms with Crippen LogP contribution in [0.1, 0.15) is 156 Å². The normalized spacial score (nSPS) is 13.6. The van der Waals surface area contributed by atoms with Gasteiger partial charge in [0, 0.05) is 19.3 Å². The Kier molecular flexibility index (Phi) is 46.3. The molecule has 0 heterocycles. The Balaban J connectivity index is 4.63. The van der Waals surface area contributed by atoms with Crippen LogP contribution < -0.4 is 0 Å². The van der Waals surface area contributed by atoms with Crippen LogP contribution in [-0.2, 0) is 28.6 Å². The third-order valence-corrected chi connectivity index (χ3v) is 9.14. The van der Waals surface area contributed by atoms with Crippen molar-refractivity contribution >= 4 is 17.9 Å². The second kappa shape index (κ2) is 50.4. The number of allylic oxidation sites excluding steroid dienone is 28. The van der Waals surface area contributed by atoms with Gasteiger partial charge in [-0.05, 0) is 103 Å². The molecule has 6 nitrogen and oxygen atoms in total. The standard InChI is InChI=1S/C58H84O6/c1-4-7-10-13-16-19-22-24-26-28-29-30-32-33-36-39-42-45-48-51-57(60)63-54-55(53-62-56(59)50-47-44-41-38-35-21-18-15-12-9-6-3)64-58(61)52-49-46-43-40-37-34-31-27-25-23-20-17-14-11-8-5-2/h7-13,16-22,24-30,32-34,36-38,41,55H,4-6,14-15,23,31,35,39-40,42-54H2,1-3H3/b10-7-,11-8-,12-9-,16-13-,20-17-,21-18-,22-19-,26-24-,27-25-,29-28+,32-30-,36-33-,37-34-,41-38-. The molecule has 0 amide bonds. The maximum atomic E-state index is 12.8. The molecule has 0 aromatic heterocycles. The number of esters is 3. The molecule has 0 fully saturated rings. The summed E-state index contributed by atoms with van der Waals surface area (Å²) in [5.41, 5.74) is 0. The van der Waals surface area contributed by atoms with Gasteiger partial charge < -0.3 is 14.2 Å². The van der Waals surface area contributed by atoms with E-state index in [1.807, 2.05) is 72.9 Å². The lowest BCUT2D eigenvalue weighted by molar-refractivity contribution is -0.167. The lowest BCUT2D eigenvalue weighted by Gasteiger charge is -2.18. The molecule has 1 atom stereocenters. The highest BCUT2D eigenvalue weighted by molar-refractivity contribution is 5.71. The van der Waals surface area contributed by atoms with Gasteiger partial charge in [-0.2, -0.15) is 0 Å². The summed E-state index contributed by atoms with van der Waals surface area (Å²) < 4.78 is 16.6. The first-order valence-corrected chi connectivity index (χ1v) is 24.2. The third-order valence-electron chi connectivity index (χ3n) is 9.14. The van der Waals surface area contributed by atoms with E-state index < -0.39 is 6.10 Å². The topological polar surface area (TPSA) is 78.9 Å². The Morgan fingerprint density at radius 3 is 1.09 bits per heavy atom. The number of unbranched alkanes of at least 4 members (excludes halogenated alkanes) is 7. The quantitative estimate of drug-likeness (QED) is 0.0201. The van der Waals surface area contributed by atoms with Crippen molar-refractivity contribution in [1.82, 2.24) is 0 Å². The molecule has 0 aliphatic rings. The highest BCUT2D eigenvalue weighted by Crippen LogP contribution is 2.10. The minimum atomic E-state index is -0.843. The van der Waals surface area contributed by atoms with Crippen molar-refractivity contribution in [1.29, 1.82) is 0 Å². The van der Waals surface area contributed by atoms with Crippen molar-refractivity contribution < 1.29 is 28.6 Å². The van der Waals surface area contributed by atoms with Crippen LogP contribution in [0.25, 0.3) is 0 Å². The second-order valence-corrected chi connectivity index (χ2v) is 15.1. The number of hydrogen-bond acceptors (Lipinski definition) is 6. The average molecular weight is 877 g/mol. The van der Waals surface area contributed by atoms with E-state index in [0.717, 1.165) is 96.3 Å². The molecule has 0 rings (SSSR count). The first kappa shape index (κ1) is 58.8. The predicted molar refractivity (Wildman–Crippen MR) is 274 cm³/mol. The smallest absolute Gasteiger partial charge is 0.306 e. The molecule has 0 aromatic carbocycles. The van der Waals surface area contributed by atoms with Crippen LogP contribution >= 0.6 is 0 Å². The van der Waals surface area contributed by atoms with Crippen molar-refractivity contribution in [3.8, 4) is 0 Å². The summed E-state index contributed by atoms with van der Waals surface area (Å²) in [6.07, 6.45) is 74.8. The van der Waals surface area contributed by atoms with Crippen LogP contribution in [0.3, 0.4) is 0 Å². The first-order valence-electron chi connectivity index (χ1n) is 24.2. The van der Waals surface area contributed by atoms with Crippen LogP contribution in [0.2, 0.25) is 0 Å². The van der Waals surface area contributed by atoms with Gasteiger partial charge in [0.15, 0.2) is 6.10 Å². The number of carbonyl (C=O) groups excluding carboxylic acids is 3. The Hall–Kier alpha value is -5.23. The summed E-state index contributed by atoms with van der Waals surface area (Å²) in [7, 11) is 0. The molecule has 6 heteroatoms. The average Bonchev–Trinajstić information content (AvgIpc) is 3.29. The molecule has 0 N–H and O–H groups in total. The van der Waals surface area contributed by atoms with Crippen LogP contribution in [0.15, 0.2) is 170 Å². The van der Waals surface area contributed by atoms with E-state index in [1.165, 1.54) is 0 Å². The van der Waals surface area contributed by atoms with Crippen molar-refractivity contribution in [3.05, 3.63) is 170 Å². The van der Waals surface area contributed by atoms with Gasteiger partial charge in [0.25, 0.3) is 0 Å². The molecule has 0 radical (unpaired) electrons. The summed E-state index contributed by atoms with van der Waals surface area (Å²) in [6.45, 7) is 6.10. The van der Waals surface area contributed by atoms with Gasteiger partial charge in [0.05, 0.1) is 0 Å². The van der Waals surface area contributed by atoms with Gasteiger partial charge in [0.2, 0.25) is 0 Å². The van der Waals surface area contributed by atoms with E-state index in [9.17, 15) is 14.4 Å². The Bertz CT molecular complexity index is 1570. The molecule has 0 saturated heterocycles. The molecule has 352 valence electrons. The lowest BCUT2D eigenvalue weighted by Crippen LogP contribution is -2.30. The van der Waals surface area contributed by atoms with Crippen LogP contribution in [0.5, 0.6) is 0 Å². The maximum absolute atomic E-state index is 12.8. The zero-order valence-electron chi connectivity index (χ0n) is 40.0. The Morgan fingerprint density at radius 1 is 0.328 bits per heavy atom. The van der Waals surface area contributed by atoms with E-state index in [-0.39, 0.29) is 50.4 Å². The summed E-state index contributed by atoms with van der Waals surface area (Å²) >= 11 is 0. The molecule has 0 saturated carbocycles. The first-order chi connectivity index (χ1) is 31.5. The lowest BCUT2D eigenvalue weighted by atomic mass is 10.1. The Labute approximate surface area is 390 Å². The molecule has 0 aromatic rings. The number of rotatable bonds is 40. The summed E-state index contributed by atoms with van der Waals surface area (Å²) in [5, 5.41) is 0. The number of hydrogen-bond donors (Lipinski definition) is 0. The maximum Gasteiger partial charge on any atom is 0.306 e. The van der Waals surface area contributed by atoms with E-state index in [1.54, 1.807) is 0 Å². The summed E-state index contributed by atoms with van der Waals surface area (Å²) in [6, 6.07) is 0. The van der Waals surface area contributed by atoms with Gasteiger partial charge in [-0.15, -0.1) is 0 Å². The molecule has 0 aliphatic carbocycles. The summed E-state index contributed by atoms with van der Waals surface area (Å²) in [5.74, 6) is -1.09. The van der Waals surface area contributed by atoms with Gasteiger partial charge >= 0.3 is 17.9 Å². The third kappa shape index (κ3) is 47.8. The minimum absolute atomic E-state index is 0.140. The zero-order valence-corrected chi connectivity index (χ0v) is 40.0. The molecule has 1 unspecified atom stereocenters. The highest BCUT2D eigenvalue weighted by Gasteiger charge is 2.19. The number of carbonyl (C=O) groups is 3. The molecular weight excluding hydrogens is 793 g/mol. The predicted octanol–water partition coefficient (Wildman–Crippen LogP) is 16.0. The van der Waals surface area contributed by atoms with E-state index in [2.05, 4.69) is 118 Å². The molecule has 64 heavy (non-hydrogen) atoms. The highest BCUT2D eigenvalue weighted by atomic mass is 16.6. The van der Waals surface area contributed by atoms with Gasteiger partial charge in [-0.25, -0.2) is 0 Å². The van der Waals surface area contributed by atoms with E-state index in [0.29, 0.717) is 19.3 Å². The van der Waals surface area contributed by atoms with Crippen molar-refractivity contribution in [2.75, 3.05) is 13.2 Å². The van der Waals surface area contributed by atoms with Crippen LogP contribution in [0.4, 0.5) is 0 Å². The zero-order chi connectivity index (χ0) is 46.5.